The van der Waals surface area contributed by atoms with Gasteiger partial charge in [0, 0.05) is 12.5 Å². The molecule has 0 amide bonds. The van der Waals surface area contributed by atoms with Crippen molar-refractivity contribution >= 4 is 34.7 Å². The first kappa shape index (κ1) is 18.0. The smallest absolute Gasteiger partial charge is 0.341 e. The molecule has 7 heteroatoms. The summed E-state index contributed by atoms with van der Waals surface area (Å²) >= 11 is 12.5. The van der Waals surface area contributed by atoms with Crippen molar-refractivity contribution in [3.8, 4) is 0 Å². The van der Waals surface area contributed by atoms with Crippen LogP contribution >= 0.6 is 23.2 Å². The minimum Gasteiger partial charge on any atom is -0.462 e. The number of aliphatic hydroxyl groups is 1. The van der Waals surface area contributed by atoms with Crippen LogP contribution in [0.2, 0.25) is 10.0 Å². The summed E-state index contributed by atoms with van der Waals surface area (Å²) in [6.07, 6.45) is 2.14. The van der Waals surface area contributed by atoms with Gasteiger partial charge in [0.2, 0.25) is 0 Å². The zero-order valence-electron chi connectivity index (χ0n) is 13.3. The Morgan fingerprint density at radius 1 is 1.43 bits per heavy atom. The molecule has 0 spiro atoms. The molecule has 0 saturated carbocycles. The zero-order valence-corrected chi connectivity index (χ0v) is 14.9. The maximum Gasteiger partial charge on any atom is 0.341 e. The van der Waals surface area contributed by atoms with E-state index in [4.69, 9.17) is 33.0 Å². The average molecular weight is 359 g/mol. The third-order valence-electron chi connectivity index (χ3n) is 4.08. The molecule has 0 aromatic carbocycles. The van der Waals surface area contributed by atoms with E-state index in [2.05, 4.69) is 5.10 Å². The molecule has 2 aromatic rings. The molecule has 0 radical (unpaired) electrons. The highest BCUT2D eigenvalue weighted by atomic mass is 35.5. The molecule has 2 atom stereocenters. The first-order valence-electron chi connectivity index (χ1n) is 7.55. The topological polar surface area (TPSA) is 63.8 Å². The van der Waals surface area contributed by atoms with Crippen LogP contribution in [0.25, 0.3) is 5.52 Å². The van der Waals surface area contributed by atoms with Crippen LogP contribution in [0.3, 0.4) is 0 Å². The lowest BCUT2D eigenvalue weighted by Crippen LogP contribution is -2.12. The molecule has 0 fully saturated rings. The molecular formula is C16H20Cl2N2O3. The lowest BCUT2D eigenvalue weighted by atomic mass is 9.90. The molecule has 2 rings (SSSR count). The van der Waals surface area contributed by atoms with Gasteiger partial charge in [-0.05, 0) is 25.3 Å². The van der Waals surface area contributed by atoms with Crippen molar-refractivity contribution in [1.82, 2.24) is 9.61 Å². The lowest BCUT2D eigenvalue weighted by Gasteiger charge is -2.19. The summed E-state index contributed by atoms with van der Waals surface area (Å²) in [4.78, 5) is 12.3. The zero-order chi connectivity index (χ0) is 17.1. The Morgan fingerprint density at radius 3 is 2.74 bits per heavy atom. The van der Waals surface area contributed by atoms with Crippen LogP contribution < -0.4 is 0 Å². The number of fused-ring (bicyclic) bond motifs is 1. The van der Waals surface area contributed by atoms with E-state index in [1.807, 2.05) is 13.8 Å². The Labute approximate surface area is 145 Å². The predicted molar refractivity (Wildman–Crippen MR) is 90.5 cm³/mol. The summed E-state index contributed by atoms with van der Waals surface area (Å²) in [6, 6.07) is 1.65. The summed E-state index contributed by atoms with van der Waals surface area (Å²) in [5, 5.41) is 14.2. The lowest BCUT2D eigenvalue weighted by molar-refractivity contribution is 0.0529. The number of hydrogen-bond acceptors (Lipinski definition) is 4. The van der Waals surface area contributed by atoms with Crippen molar-refractivity contribution in [2.45, 2.75) is 33.1 Å². The Hall–Kier alpha value is -1.30. The number of ether oxygens (including phenoxy) is 1. The van der Waals surface area contributed by atoms with Crippen molar-refractivity contribution in [3.63, 3.8) is 0 Å². The van der Waals surface area contributed by atoms with Gasteiger partial charge in [-0.25, -0.2) is 9.31 Å². The van der Waals surface area contributed by atoms with E-state index in [-0.39, 0.29) is 30.6 Å². The van der Waals surface area contributed by atoms with Gasteiger partial charge in [-0.2, -0.15) is 5.10 Å². The van der Waals surface area contributed by atoms with Crippen LogP contribution in [-0.4, -0.2) is 33.9 Å². The first-order chi connectivity index (χ1) is 10.9. The summed E-state index contributed by atoms with van der Waals surface area (Å²) < 4.78 is 6.75. The van der Waals surface area contributed by atoms with Gasteiger partial charge in [0.15, 0.2) is 0 Å². The molecule has 2 unspecified atom stereocenters. The maximum absolute atomic E-state index is 12.3. The van der Waals surface area contributed by atoms with Gasteiger partial charge in [-0.3, -0.25) is 0 Å². The Balaban J connectivity index is 2.65. The number of aromatic nitrogens is 2. The van der Waals surface area contributed by atoms with Gasteiger partial charge in [0.1, 0.15) is 5.56 Å². The number of aliphatic hydroxyl groups excluding tert-OH is 1. The van der Waals surface area contributed by atoms with E-state index < -0.39 is 5.97 Å². The highest BCUT2D eigenvalue weighted by Crippen LogP contribution is 2.37. The molecule has 0 saturated heterocycles. The summed E-state index contributed by atoms with van der Waals surface area (Å²) in [5.41, 5.74) is 1.53. The van der Waals surface area contributed by atoms with Gasteiger partial charge in [0.05, 0.1) is 34.1 Å². The Bertz CT molecular complexity index is 715. The minimum absolute atomic E-state index is 0.000924. The second-order valence-electron chi connectivity index (χ2n) is 5.54. The van der Waals surface area contributed by atoms with Crippen LogP contribution in [0.5, 0.6) is 0 Å². The second kappa shape index (κ2) is 7.51. The monoisotopic (exact) mass is 358 g/mol. The fourth-order valence-electron chi connectivity index (χ4n) is 2.62. The minimum atomic E-state index is -0.493. The molecule has 2 heterocycles. The number of nitrogens with zero attached hydrogens (tertiary/aromatic N) is 2. The van der Waals surface area contributed by atoms with Crippen LogP contribution in [0, 0.1) is 5.92 Å². The molecule has 126 valence electrons. The number of hydrogen-bond donors (Lipinski definition) is 1. The number of halogens is 2. The molecule has 0 aliphatic heterocycles. The van der Waals surface area contributed by atoms with Gasteiger partial charge < -0.3 is 9.84 Å². The van der Waals surface area contributed by atoms with Gasteiger partial charge in [-0.15, -0.1) is 0 Å². The number of rotatable bonds is 6. The number of carbonyl (C=O) groups excluding carboxylic acids is 1. The van der Waals surface area contributed by atoms with E-state index in [1.54, 1.807) is 17.5 Å². The summed E-state index contributed by atoms with van der Waals surface area (Å²) in [6.45, 7) is 6.11. The molecule has 1 N–H and O–H groups in total. The van der Waals surface area contributed by atoms with Crippen LogP contribution in [-0.2, 0) is 4.74 Å². The Kier molecular flexibility index (Phi) is 5.89. The van der Waals surface area contributed by atoms with Crippen molar-refractivity contribution in [3.05, 3.63) is 33.6 Å². The van der Waals surface area contributed by atoms with Crippen LogP contribution in [0.15, 0.2) is 12.3 Å². The molecular weight excluding hydrogens is 339 g/mol. The van der Waals surface area contributed by atoms with Gasteiger partial charge in [-0.1, -0.05) is 37.0 Å². The fourth-order valence-corrected chi connectivity index (χ4v) is 3.19. The standard InChI is InChI=1S/C16H20Cl2N2O3/c1-4-23-16(22)13-12-7-11(17)8-19-20(12)15(14(13)18)10(3)9(2)5-6-21/h7-10,21H,4-6H2,1-3H3. The van der Waals surface area contributed by atoms with E-state index in [0.29, 0.717) is 22.0 Å². The first-order valence-corrected chi connectivity index (χ1v) is 8.31. The third kappa shape index (κ3) is 3.47. The average Bonchev–Trinajstić information content (AvgIpc) is 2.78. The Morgan fingerprint density at radius 2 is 2.13 bits per heavy atom. The second-order valence-corrected chi connectivity index (χ2v) is 6.36. The predicted octanol–water partition coefficient (Wildman–Crippen LogP) is 3.94. The molecule has 5 nitrogen and oxygen atoms in total. The van der Waals surface area contributed by atoms with Gasteiger partial charge in [0.25, 0.3) is 0 Å². The van der Waals surface area contributed by atoms with E-state index in [1.165, 1.54) is 6.20 Å². The van der Waals surface area contributed by atoms with E-state index in [9.17, 15) is 4.79 Å². The molecule has 2 aromatic heterocycles. The van der Waals surface area contributed by atoms with Crippen molar-refractivity contribution in [2.75, 3.05) is 13.2 Å². The summed E-state index contributed by atoms with van der Waals surface area (Å²) in [7, 11) is 0. The van der Waals surface area contributed by atoms with Gasteiger partial charge >= 0.3 is 5.97 Å². The van der Waals surface area contributed by atoms with Crippen molar-refractivity contribution in [1.29, 1.82) is 0 Å². The van der Waals surface area contributed by atoms with E-state index >= 15 is 0 Å². The molecule has 0 aliphatic carbocycles. The van der Waals surface area contributed by atoms with Crippen molar-refractivity contribution in [2.24, 2.45) is 5.92 Å². The largest absolute Gasteiger partial charge is 0.462 e. The van der Waals surface area contributed by atoms with Crippen LogP contribution in [0.1, 0.15) is 49.2 Å². The SMILES string of the molecule is CCOC(=O)c1c(Cl)c(C(C)C(C)CCO)n2ncc(Cl)cc12. The maximum atomic E-state index is 12.3. The van der Waals surface area contributed by atoms with Crippen LogP contribution in [0.4, 0.5) is 0 Å². The normalized spacial score (nSPS) is 14.0. The number of esters is 1. The number of carbonyl (C=O) groups is 1. The molecule has 0 aliphatic rings. The van der Waals surface area contributed by atoms with Crippen molar-refractivity contribution < 1.29 is 14.6 Å². The van der Waals surface area contributed by atoms with E-state index in [0.717, 1.165) is 5.69 Å². The highest BCUT2D eigenvalue weighted by Gasteiger charge is 2.29. The molecule has 0 bridgehead atoms. The quantitative estimate of drug-likeness (QED) is 0.794. The molecule has 23 heavy (non-hydrogen) atoms. The highest BCUT2D eigenvalue weighted by molar-refractivity contribution is 6.36. The summed E-state index contributed by atoms with van der Waals surface area (Å²) in [5.74, 6) is -0.325. The fraction of sp³-hybridized carbons (Fsp3) is 0.500. The third-order valence-corrected chi connectivity index (χ3v) is 4.67.